The van der Waals surface area contributed by atoms with E-state index in [4.69, 9.17) is 4.74 Å². The van der Waals surface area contributed by atoms with Crippen molar-refractivity contribution in [3.63, 3.8) is 0 Å². The Balaban J connectivity index is 1.75. The lowest BCUT2D eigenvalue weighted by Gasteiger charge is -2.36. The van der Waals surface area contributed by atoms with Crippen molar-refractivity contribution in [1.29, 1.82) is 0 Å². The summed E-state index contributed by atoms with van der Waals surface area (Å²) in [6, 6.07) is 6.64. The predicted molar refractivity (Wildman–Crippen MR) is 136 cm³/mol. The number of aliphatic hydroxyl groups excluding tert-OH is 1. The lowest BCUT2D eigenvalue weighted by Crippen LogP contribution is -2.56. The minimum absolute atomic E-state index is 0.0643. The molecule has 2 unspecified atom stereocenters. The molecule has 2 amide bonds. The second kappa shape index (κ2) is 9.86. The first kappa shape index (κ1) is 26.2. The zero-order chi connectivity index (χ0) is 26.3. The topological polar surface area (TPSA) is 111 Å². The van der Waals surface area contributed by atoms with Crippen LogP contribution in [0.25, 0.3) is 0 Å². The summed E-state index contributed by atoms with van der Waals surface area (Å²) >= 11 is 0. The van der Waals surface area contributed by atoms with Crippen LogP contribution in [0.15, 0.2) is 36.9 Å². The number of fused-ring (bicyclic) bond motifs is 1. The number of carboxylic acid groups (broad SMARTS) is 1. The van der Waals surface area contributed by atoms with Crippen LogP contribution in [0.2, 0.25) is 0 Å². The van der Waals surface area contributed by atoms with Crippen molar-refractivity contribution in [3.8, 4) is 0 Å². The van der Waals surface area contributed by atoms with Gasteiger partial charge < -0.3 is 29.6 Å². The molecule has 9 nitrogen and oxygen atoms in total. The molecule has 196 valence electrons. The summed E-state index contributed by atoms with van der Waals surface area (Å²) in [6.45, 7) is 11.4. The molecule has 1 spiro atoms. The summed E-state index contributed by atoms with van der Waals surface area (Å²) < 4.78 is 6.51. The van der Waals surface area contributed by atoms with Crippen LogP contribution in [0.5, 0.6) is 0 Å². The summed E-state index contributed by atoms with van der Waals surface area (Å²) in [5, 5.41) is 19.8. The molecular weight excluding hydrogens is 462 g/mol. The molecule has 2 bridgehead atoms. The average Bonchev–Trinajstić information content (AvgIpc) is 3.48. The molecule has 4 rings (SSSR count). The second-order valence-electron chi connectivity index (χ2n) is 9.85. The number of aliphatic carboxylic acids is 1. The van der Waals surface area contributed by atoms with Crippen LogP contribution in [0.4, 0.5) is 11.4 Å². The van der Waals surface area contributed by atoms with Crippen molar-refractivity contribution in [3.05, 3.63) is 36.9 Å². The fraction of sp³-hybridized carbons (Fsp3) is 0.593. The molecule has 1 aromatic rings. The van der Waals surface area contributed by atoms with Crippen LogP contribution in [0.3, 0.4) is 0 Å². The van der Waals surface area contributed by atoms with Crippen molar-refractivity contribution < 1.29 is 29.3 Å². The molecule has 3 heterocycles. The van der Waals surface area contributed by atoms with Gasteiger partial charge in [0.25, 0.3) is 5.91 Å². The smallest absolute Gasteiger partial charge is 0.310 e. The van der Waals surface area contributed by atoms with Gasteiger partial charge in [0.1, 0.15) is 17.6 Å². The van der Waals surface area contributed by atoms with E-state index in [1.54, 1.807) is 11.0 Å². The third-order valence-corrected chi connectivity index (χ3v) is 8.39. The highest BCUT2D eigenvalue weighted by Crippen LogP contribution is 2.64. The normalized spacial score (nSPS) is 30.4. The van der Waals surface area contributed by atoms with Crippen LogP contribution in [0.1, 0.15) is 40.0 Å². The minimum atomic E-state index is -1.23. The van der Waals surface area contributed by atoms with Crippen LogP contribution in [0, 0.1) is 11.8 Å². The molecule has 0 radical (unpaired) electrons. The van der Waals surface area contributed by atoms with Crippen LogP contribution in [-0.4, -0.2) is 82.9 Å². The number of ether oxygens (including phenoxy) is 1. The van der Waals surface area contributed by atoms with E-state index in [0.29, 0.717) is 24.9 Å². The highest BCUT2D eigenvalue weighted by molar-refractivity contribution is 6.04. The van der Waals surface area contributed by atoms with Gasteiger partial charge in [0.05, 0.1) is 18.1 Å². The SMILES string of the molecule is C=CCN(C(=O)C1N(CCO)C(=O)[C@@H]2[C@H](C(=O)O)[C@]3(CC)CCC12O3)c1ccc(N(CC)CC)cc1. The van der Waals surface area contributed by atoms with Crippen molar-refractivity contribution in [1.82, 2.24) is 4.90 Å². The molecule has 0 saturated carbocycles. The Labute approximate surface area is 212 Å². The number of amides is 2. The van der Waals surface area contributed by atoms with E-state index in [-0.39, 0.29) is 25.6 Å². The van der Waals surface area contributed by atoms with Gasteiger partial charge in [-0.05, 0) is 57.4 Å². The molecule has 3 saturated heterocycles. The zero-order valence-corrected chi connectivity index (χ0v) is 21.4. The second-order valence-corrected chi connectivity index (χ2v) is 9.85. The van der Waals surface area contributed by atoms with E-state index in [1.807, 2.05) is 31.2 Å². The number of benzene rings is 1. The molecule has 1 aromatic carbocycles. The largest absolute Gasteiger partial charge is 0.481 e. The van der Waals surface area contributed by atoms with Gasteiger partial charge in [0.15, 0.2) is 0 Å². The van der Waals surface area contributed by atoms with Crippen LogP contribution >= 0.6 is 0 Å². The number of carbonyl (C=O) groups excluding carboxylic acids is 2. The number of rotatable bonds is 11. The summed E-state index contributed by atoms with van der Waals surface area (Å²) in [7, 11) is 0. The lowest BCUT2D eigenvalue weighted by atomic mass is 9.65. The van der Waals surface area contributed by atoms with Gasteiger partial charge in [-0.25, -0.2) is 0 Å². The van der Waals surface area contributed by atoms with Crippen LogP contribution < -0.4 is 9.80 Å². The molecule has 9 heteroatoms. The maximum atomic E-state index is 14.3. The first-order valence-corrected chi connectivity index (χ1v) is 12.9. The minimum Gasteiger partial charge on any atom is -0.481 e. The van der Waals surface area contributed by atoms with E-state index in [9.17, 15) is 24.6 Å². The number of carboxylic acids is 1. The van der Waals surface area contributed by atoms with E-state index in [0.717, 1.165) is 18.8 Å². The van der Waals surface area contributed by atoms with Crippen molar-refractivity contribution in [2.75, 3.05) is 42.6 Å². The van der Waals surface area contributed by atoms with E-state index < -0.39 is 41.0 Å². The number of hydrogen-bond acceptors (Lipinski definition) is 6. The van der Waals surface area contributed by atoms with Gasteiger partial charge in [-0.15, -0.1) is 6.58 Å². The predicted octanol–water partition coefficient (Wildman–Crippen LogP) is 2.28. The lowest BCUT2D eigenvalue weighted by molar-refractivity contribution is -0.155. The fourth-order valence-corrected chi connectivity index (χ4v) is 6.75. The number of likely N-dealkylation sites (tertiary alicyclic amines) is 1. The van der Waals surface area contributed by atoms with E-state index in [1.165, 1.54) is 4.90 Å². The summed E-state index contributed by atoms with van der Waals surface area (Å²) in [4.78, 5) is 45.4. The molecular formula is C27H37N3O6. The third-order valence-electron chi connectivity index (χ3n) is 8.39. The quantitative estimate of drug-likeness (QED) is 0.450. The molecule has 3 aliphatic heterocycles. The third kappa shape index (κ3) is 3.71. The van der Waals surface area contributed by atoms with Gasteiger partial charge >= 0.3 is 5.97 Å². The Morgan fingerprint density at radius 3 is 2.33 bits per heavy atom. The average molecular weight is 500 g/mol. The molecule has 0 aromatic heterocycles. The van der Waals surface area contributed by atoms with Gasteiger partial charge in [0.2, 0.25) is 5.91 Å². The van der Waals surface area contributed by atoms with E-state index >= 15 is 0 Å². The van der Waals surface area contributed by atoms with Gasteiger partial charge in [0, 0.05) is 37.6 Å². The molecule has 3 fully saturated rings. The van der Waals surface area contributed by atoms with Gasteiger partial charge in [-0.2, -0.15) is 0 Å². The Morgan fingerprint density at radius 1 is 1.17 bits per heavy atom. The summed E-state index contributed by atoms with van der Waals surface area (Å²) in [5.74, 6) is -3.85. The number of β-amino-alcohol motifs (C(OH)–C–C–N with tert-alkyl or cyclic N) is 1. The number of anilines is 2. The van der Waals surface area contributed by atoms with E-state index in [2.05, 4.69) is 25.3 Å². The summed E-state index contributed by atoms with van der Waals surface area (Å²) in [5.41, 5.74) is -0.508. The monoisotopic (exact) mass is 499 g/mol. The number of hydrogen-bond donors (Lipinski definition) is 2. The Bertz CT molecular complexity index is 1020. The maximum Gasteiger partial charge on any atom is 0.310 e. The Hall–Kier alpha value is -2.91. The fourth-order valence-electron chi connectivity index (χ4n) is 6.75. The molecule has 3 aliphatic rings. The zero-order valence-electron chi connectivity index (χ0n) is 21.4. The first-order valence-electron chi connectivity index (χ1n) is 12.9. The van der Waals surface area contributed by atoms with Crippen LogP contribution in [-0.2, 0) is 19.1 Å². The Kier molecular flexibility index (Phi) is 7.16. The van der Waals surface area contributed by atoms with Crippen molar-refractivity contribution in [2.45, 2.75) is 57.3 Å². The molecule has 36 heavy (non-hydrogen) atoms. The van der Waals surface area contributed by atoms with Crippen molar-refractivity contribution in [2.24, 2.45) is 11.8 Å². The standard InChI is InChI=1S/C27H37N3O6/c1-5-15-29(19-11-9-18(10-12-19)28(7-3)8-4)24(33)22-27-14-13-26(6-2,36-27)21(25(34)35)20(27)23(32)30(22)16-17-31/h5,9-12,20-22,31H,1,6-8,13-17H2,2-4H3,(H,34,35)/t20-,21+,22?,26-,27?/m0/s1. The highest BCUT2D eigenvalue weighted by atomic mass is 16.5. The maximum absolute atomic E-state index is 14.3. The van der Waals surface area contributed by atoms with Crippen molar-refractivity contribution >= 4 is 29.2 Å². The number of nitrogens with zero attached hydrogens (tertiary/aromatic N) is 3. The van der Waals surface area contributed by atoms with Gasteiger partial charge in [-0.3, -0.25) is 14.4 Å². The molecule has 0 aliphatic carbocycles. The first-order chi connectivity index (χ1) is 17.2. The molecule has 2 N–H and O–H groups in total. The highest BCUT2D eigenvalue weighted by Gasteiger charge is 2.79. The summed E-state index contributed by atoms with van der Waals surface area (Å²) in [6.07, 6.45) is 2.96. The number of carbonyl (C=O) groups is 3. The molecule has 5 atom stereocenters. The Morgan fingerprint density at radius 2 is 1.81 bits per heavy atom. The van der Waals surface area contributed by atoms with Gasteiger partial charge in [-0.1, -0.05) is 13.0 Å². The number of aliphatic hydroxyl groups is 1.